The molecule has 9 heteroatoms. The summed E-state index contributed by atoms with van der Waals surface area (Å²) in [5.74, 6) is 0.114. The summed E-state index contributed by atoms with van der Waals surface area (Å²) in [6.07, 6.45) is 6.07. The van der Waals surface area contributed by atoms with Gasteiger partial charge in [0.1, 0.15) is 10.8 Å². The number of rotatable bonds is 8. The molecule has 0 bridgehead atoms. The number of benzene rings is 1. The van der Waals surface area contributed by atoms with E-state index in [0.29, 0.717) is 28.9 Å². The number of nitrogens with zero attached hydrogens (tertiary/aromatic N) is 4. The predicted molar refractivity (Wildman–Crippen MR) is 106 cm³/mol. The maximum atomic E-state index is 13.9. The molecule has 0 saturated carbocycles. The first-order valence-electron chi connectivity index (χ1n) is 8.39. The number of hydrogen-bond donors (Lipinski definition) is 2. The molecule has 0 fully saturated rings. The van der Waals surface area contributed by atoms with Crippen LogP contribution in [-0.4, -0.2) is 25.5 Å². The highest BCUT2D eigenvalue weighted by Gasteiger charge is 2.10. The van der Waals surface area contributed by atoms with Crippen LogP contribution in [0.25, 0.3) is 0 Å². The van der Waals surface area contributed by atoms with Crippen molar-refractivity contribution in [2.75, 3.05) is 10.6 Å². The second-order valence-corrected chi connectivity index (χ2v) is 6.45. The van der Waals surface area contributed by atoms with Crippen molar-refractivity contribution in [2.24, 2.45) is 7.05 Å². The zero-order chi connectivity index (χ0) is 20.1. The Bertz CT molecular complexity index is 1020. The average Bonchev–Trinajstić information content (AvgIpc) is 3.09. The molecule has 0 saturated heterocycles. The molecule has 1 aromatic carbocycles. The minimum Gasteiger partial charge on any atom is -0.365 e. The van der Waals surface area contributed by atoms with E-state index in [0.717, 1.165) is 11.3 Å². The lowest BCUT2D eigenvalue weighted by molar-refractivity contribution is -0.114. The average molecular weight is 401 g/mol. The monoisotopic (exact) mass is 400 g/mol. The number of anilines is 3. The molecule has 0 aliphatic heterocycles. The van der Waals surface area contributed by atoms with Gasteiger partial charge in [0.15, 0.2) is 11.6 Å². The number of carbonyl (C=O) groups excluding carboxylic acids is 1. The van der Waals surface area contributed by atoms with Crippen LogP contribution in [0, 0.1) is 5.82 Å². The van der Waals surface area contributed by atoms with Crippen molar-refractivity contribution in [3.8, 4) is 0 Å². The second-order valence-electron chi connectivity index (χ2n) is 6.04. The van der Waals surface area contributed by atoms with Crippen LogP contribution in [0.3, 0.4) is 0 Å². The number of aromatic nitrogens is 4. The third kappa shape index (κ3) is 4.92. The zero-order valence-corrected chi connectivity index (χ0v) is 15.9. The molecule has 3 rings (SSSR count). The fourth-order valence-corrected chi connectivity index (χ4v) is 2.64. The Morgan fingerprint density at radius 1 is 1.39 bits per heavy atom. The molecule has 0 aliphatic carbocycles. The van der Waals surface area contributed by atoms with Crippen LogP contribution in [0.2, 0.25) is 5.02 Å². The van der Waals surface area contributed by atoms with Gasteiger partial charge in [-0.1, -0.05) is 30.3 Å². The fraction of sp³-hybridized carbons (Fsp3) is 0.158. The fourth-order valence-electron chi connectivity index (χ4n) is 2.49. The maximum absolute atomic E-state index is 13.9. The van der Waals surface area contributed by atoms with Crippen LogP contribution < -0.4 is 10.6 Å². The van der Waals surface area contributed by atoms with E-state index < -0.39 is 5.82 Å². The summed E-state index contributed by atoms with van der Waals surface area (Å²) >= 11 is 6.17. The molecule has 0 aliphatic rings. The van der Waals surface area contributed by atoms with E-state index in [4.69, 9.17) is 11.6 Å². The van der Waals surface area contributed by atoms with Crippen molar-refractivity contribution in [3.63, 3.8) is 0 Å². The van der Waals surface area contributed by atoms with Crippen molar-refractivity contribution >= 4 is 34.8 Å². The van der Waals surface area contributed by atoms with Crippen LogP contribution >= 0.6 is 11.6 Å². The van der Waals surface area contributed by atoms with Crippen molar-refractivity contribution in [3.05, 3.63) is 71.4 Å². The first kappa shape index (κ1) is 19.5. The van der Waals surface area contributed by atoms with Crippen LogP contribution in [-0.2, 0) is 24.8 Å². The van der Waals surface area contributed by atoms with E-state index in [2.05, 4.69) is 32.3 Å². The molecule has 0 atom stereocenters. The molecule has 2 heterocycles. The molecular weight excluding hydrogens is 383 g/mol. The lowest BCUT2D eigenvalue weighted by atomic mass is 10.0. The number of allylic oxidation sites excluding steroid dienone is 1. The molecule has 7 nitrogen and oxygen atoms in total. The number of halogens is 2. The first-order chi connectivity index (χ1) is 13.4. The smallest absolute Gasteiger partial charge is 0.229 e. The van der Waals surface area contributed by atoms with E-state index in [1.807, 2.05) is 0 Å². The van der Waals surface area contributed by atoms with Gasteiger partial charge in [-0.3, -0.25) is 9.48 Å². The van der Waals surface area contributed by atoms with Gasteiger partial charge in [-0.15, -0.1) is 0 Å². The number of aryl methyl sites for hydroxylation is 1. The zero-order valence-electron chi connectivity index (χ0n) is 15.1. The summed E-state index contributed by atoms with van der Waals surface area (Å²) in [4.78, 5) is 20.0. The van der Waals surface area contributed by atoms with E-state index >= 15 is 0 Å². The van der Waals surface area contributed by atoms with E-state index in [-0.39, 0.29) is 12.2 Å². The highest BCUT2D eigenvalue weighted by molar-refractivity contribution is 6.32. The Morgan fingerprint density at radius 3 is 2.93 bits per heavy atom. The van der Waals surface area contributed by atoms with Crippen LogP contribution in [0.4, 0.5) is 21.8 Å². The quantitative estimate of drug-likeness (QED) is 0.561. The van der Waals surface area contributed by atoms with E-state index in [1.165, 1.54) is 18.3 Å². The SMILES string of the molecule is C=CC(=O)Cc1cc(CNc2nc(Nc3cnn(C)c3)ncc2Cl)ccc1F. The highest BCUT2D eigenvalue weighted by atomic mass is 35.5. The van der Waals surface area contributed by atoms with Crippen LogP contribution in [0.15, 0.2) is 49.4 Å². The normalized spacial score (nSPS) is 10.5. The van der Waals surface area contributed by atoms with Gasteiger partial charge in [0.2, 0.25) is 5.95 Å². The predicted octanol–water partition coefficient (Wildman–Crippen LogP) is 3.66. The van der Waals surface area contributed by atoms with Crippen molar-refractivity contribution in [1.29, 1.82) is 0 Å². The minimum absolute atomic E-state index is 0.0311. The summed E-state index contributed by atoms with van der Waals surface area (Å²) in [5, 5.41) is 10.6. The molecule has 3 aromatic rings. The Balaban J connectivity index is 1.71. The van der Waals surface area contributed by atoms with Gasteiger partial charge < -0.3 is 10.6 Å². The van der Waals surface area contributed by atoms with Gasteiger partial charge in [-0.25, -0.2) is 9.37 Å². The molecule has 0 spiro atoms. The second kappa shape index (κ2) is 8.62. The molecule has 0 unspecified atom stereocenters. The molecular formula is C19H18ClFN6O. The number of ketones is 1. The van der Waals surface area contributed by atoms with Gasteiger partial charge in [0.25, 0.3) is 0 Å². The van der Waals surface area contributed by atoms with Gasteiger partial charge in [0.05, 0.1) is 18.1 Å². The summed E-state index contributed by atoms with van der Waals surface area (Å²) in [6, 6.07) is 4.60. The van der Waals surface area contributed by atoms with Crippen molar-refractivity contribution < 1.29 is 9.18 Å². The maximum Gasteiger partial charge on any atom is 0.229 e. The van der Waals surface area contributed by atoms with Gasteiger partial charge in [-0.05, 0) is 23.3 Å². The summed E-state index contributed by atoms with van der Waals surface area (Å²) < 4.78 is 15.5. The first-order valence-corrected chi connectivity index (χ1v) is 8.77. The lowest BCUT2D eigenvalue weighted by Gasteiger charge is -2.10. The Hall–Kier alpha value is -3.26. The summed E-state index contributed by atoms with van der Waals surface area (Å²) in [5.41, 5.74) is 1.84. The van der Waals surface area contributed by atoms with Crippen molar-refractivity contribution in [1.82, 2.24) is 19.7 Å². The van der Waals surface area contributed by atoms with Gasteiger partial charge in [0, 0.05) is 26.2 Å². The molecule has 0 radical (unpaired) electrons. The number of hydrogen-bond acceptors (Lipinski definition) is 6. The number of nitrogens with one attached hydrogen (secondary N) is 2. The Labute approximate surface area is 166 Å². The van der Waals surface area contributed by atoms with E-state index in [1.54, 1.807) is 36.3 Å². The molecule has 28 heavy (non-hydrogen) atoms. The van der Waals surface area contributed by atoms with Crippen LogP contribution in [0.5, 0.6) is 0 Å². The van der Waals surface area contributed by atoms with Gasteiger partial charge in [-0.2, -0.15) is 10.1 Å². The topological polar surface area (TPSA) is 84.7 Å². The van der Waals surface area contributed by atoms with Crippen molar-refractivity contribution in [2.45, 2.75) is 13.0 Å². The highest BCUT2D eigenvalue weighted by Crippen LogP contribution is 2.22. The van der Waals surface area contributed by atoms with E-state index in [9.17, 15) is 9.18 Å². The third-order valence-electron chi connectivity index (χ3n) is 3.87. The molecule has 144 valence electrons. The molecule has 0 amide bonds. The number of carbonyl (C=O) groups is 1. The standard InChI is InChI=1S/C19H18ClFN6O/c1-3-15(28)7-13-6-12(4-5-17(13)21)8-22-18-16(20)10-23-19(26-18)25-14-9-24-27(2)11-14/h3-6,9-11H,1,7-8H2,2H3,(H2,22,23,25,26). The minimum atomic E-state index is -0.429. The lowest BCUT2D eigenvalue weighted by Crippen LogP contribution is -2.07. The molecule has 2 aromatic heterocycles. The van der Waals surface area contributed by atoms with Crippen LogP contribution in [0.1, 0.15) is 11.1 Å². The molecule has 2 N–H and O–H groups in total. The Morgan fingerprint density at radius 2 is 2.21 bits per heavy atom. The largest absolute Gasteiger partial charge is 0.365 e. The summed E-state index contributed by atoms with van der Waals surface area (Å²) in [7, 11) is 1.81. The third-order valence-corrected chi connectivity index (χ3v) is 4.14. The summed E-state index contributed by atoms with van der Waals surface area (Å²) in [6.45, 7) is 3.76. The Kier molecular flexibility index (Phi) is 6.00. The van der Waals surface area contributed by atoms with Gasteiger partial charge >= 0.3 is 0 Å².